The van der Waals surface area contributed by atoms with Crippen LogP contribution >= 0.6 is 0 Å². The second kappa shape index (κ2) is 4.91. The number of aliphatic hydroxyl groups excluding tert-OH is 1. The third-order valence-corrected chi connectivity index (χ3v) is 4.00. The Morgan fingerprint density at radius 3 is 2.48 bits per heavy atom. The number of rotatable bonds is 1. The van der Waals surface area contributed by atoms with Gasteiger partial charge in [-0.15, -0.1) is 0 Å². The van der Waals surface area contributed by atoms with Crippen molar-refractivity contribution < 1.29 is 23.1 Å². The molecule has 2 N–H and O–H groups in total. The van der Waals surface area contributed by atoms with Gasteiger partial charge in [0.2, 0.25) is 0 Å². The molecule has 0 aliphatic carbocycles. The van der Waals surface area contributed by atoms with Crippen LogP contribution in [0.2, 0.25) is 0 Å². The Hall–Kier alpha value is -1.76. The van der Waals surface area contributed by atoms with Gasteiger partial charge in [-0.1, -0.05) is 0 Å². The van der Waals surface area contributed by atoms with Gasteiger partial charge in [-0.2, -0.15) is 13.2 Å². The van der Waals surface area contributed by atoms with Crippen molar-refractivity contribution in [2.45, 2.75) is 31.5 Å². The number of hydrogen-bond donors (Lipinski definition) is 2. The lowest BCUT2D eigenvalue weighted by Gasteiger charge is -2.30. The zero-order valence-corrected chi connectivity index (χ0v) is 11.2. The minimum absolute atomic E-state index is 0.101. The number of nitrogens with zero attached hydrogens (tertiary/aromatic N) is 1. The number of aliphatic hydroxyl groups is 1. The first-order valence-electron chi connectivity index (χ1n) is 6.87. The number of carbonyl (C=O) groups is 1. The van der Waals surface area contributed by atoms with Gasteiger partial charge in [0.15, 0.2) is 6.10 Å². The summed E-state index contributed by atoms with van der Waals surface area (Å²) < 4.78 is 39.2. The van der Waals surface area contributed by atoms with Gasteiger partial charge < -0.3 is 15.3 Å². The average Bonchev–Trinajstić information content (AvgIpc) is 2.74. The van der Waals surface area contributed by atoms with E-state index in [1.807, 2.05) is 4.90 Å². The molecule has 7 heteroatoms. The number of alkyl halides is 3. The van der Waals surface area contributed by atoms with Crippen LogP contribution in [0.5, 0.6) is 0 Å². The van der Waals surface area contributed by atoms with Gasteiger partial charge in [-0.3, -0.25) is 4.79 Å². The maximum absolute atomic E-state index is 13.1. The zero-order valence-electron chi connectivity index (χ0n) is 11.2. The average molecular weight is 300 g/mol. The molecule has 0 aromatic heterocycles. The fraction of sp³-hybridized carbons (Fsp3) is 0.500. The number of hydrogen-bond acceptors (Lipinski definition) is 3. The van der Waals surface area contributed by atoms with Gasteiger partial charge in [0, 0.05) is 18.7 Å². The van der Waals surface area contributed by atoms with Gasteiger partial charge in [0.1, 0.15) is 0 Å². The van der Waals surface area contributed by atoms with Crippen molar-refractivity contribution in [1.29, 1.82) is 0 Å². The molecule has 21 heavy (non-hydrogen) atoms. The Kier molecular flexibility index (Phi) is 3.32. The Balaban J connectivity index is 2.11. The van der Waals surface area contributed by atoms with E-state index in [0.29, 0.717) is 5.69 Å². The molecule has 0 spiro atoms. The second-order valence-corrected chi connectivity index (χ2v) is 5.36. The highest BCUT2D eigenvalue weighted by atomic mass is 19.4. The summed E-state index contributed by atoms with van der Waals surface area (Å²) in [7, 11) is 0. The molecule has 2 aliphatic rings. The predicted molar refractivity (Wildman–Crippen MR) is 71.1 cm³/mol. The third kappa shape index (κ3) is 2.35. The minimum Gasteiger partial charge on any atom is -0.378 e. The highest BCUT2D eigenvalue weighted by Gasteiger charge is 2.42. The van der Waals surface area contributed by atoms with Crippen molar-refractivity contribution in [3.05, 3.63) is 23.3 Å². The predicted octanol–water partition coefficient (Wildman–Crippen LogP) is 2.68. The van der Waals surface area contributed by atoms with Crippen molar-refractivity contribution in [3.63, 3.8) is 0 Å². The van der Waals surface area contributed by atoms with Crippen LogP contribution in [0, 0.1) is 0 Å². The van der Waals surface area contributed by atoms with E-state index < -0.39 is 23.8 Å². The van der Waals surface area contributed by atoms with E-state index in [0.717, 1.165) is 38.4 Å². The lowest BCUT2D eigenvalue weighted by Crippen LogP contribution is -2.30. The van der Waals surface area contributed by atoms with Crippen LogP contribution in [0.3, 0.4) is 0 Å². The summed E-state index contributed by atoms with van der Waals surface area (Å²) in [5.74, 6) is -0.806. The van der Waals surface area contributed by atoms with Crippen LogP contribution in [0.15, 0.2) is 12.1 Å². The number of benzene rings is 1. The number of nitrogens with one attached hydrogen (secondary N) is 1. The normalized spacial score (nSPS) is 22.2. The first-order chi connectivity index (χ1) is 9.89. The maximum Gasteiger partial charge on any atom is 0.416 e. The molecule has 4 nitrogen and oxygen atoms in total. The standard InChI is InChI=1S/C14H15F3N2O2/c15-14(16,17)8-4-5-9(19-6-2-1-3-7-19)11-10(8)12(20)13(21)18-11/h4-5,12,20H,1-3,6-7H2,(H,18,21). The lowest BCUT2D eigenvalue weighted by atomic mass is 9.99. The lowest BCUT2D eigenvalue weighted by molar-refractivity contribution is -0.139. The number of anilines is 2. The van der Waals surface area contributed by atoms with Gasteiger partial charge in [-0.05, 0) is 31.4 Å². The highest BCUT2D eigenvalue weighted by molar-refractivity contribution is 6.05. The third-order valence-electron chi connectivity index (χ3n) is 4.00. The molecular formula is C14H15F3N2O2. The van der Waals surface area contributed by atoms with E-state index in [-0.39, 0.29) is 11.3 Å². The molecule has 1 unspecified atom stereocenters. The Bertz CT molecular complexity index is 580. The van der Waals surface area contributed by atoms with Crippen molar-refractivity contribution in [1.82, 2.24) is 0 Å². The summed E-state index contributed by atoms with van der Waals surface area (Å²) >= 11 is 0. The largest absolute Gasteiger partial charge is 0.416 e. The Labute approximate surface area is 119 Å². The Morgan fingerprint density at radius 2 is 1.86 bits per heavy atom. The number of halogens is 3. The van der Waals surface area contributed by atoms with E-state index >= 15 is 0 Å². The molecule has 1 atom stereocenters. The summed E-state index contributed by atoms with van der Waals surface area (Å²) in [4.78, 5) is 13.6. The van der Waals surface area contributed by atoms with E-state index in [4.69, 9.17) is 0 Å². The molecule has 0 radical (unpaired) electrons. The summed E-state index contributed by atoms with van der Waals surface area (Å²) in [6.07, 6.45) is -3.34. The first-order valence-corrected chi connectivity index (χ1v) is 6.87. The van der Waals surface area contributed by atoms with Crippen molar-refractivity contribution in [2.75, 3.05) is 23.3 Å². The molecular weight excluding hydrogens is 285 g/mol. The molecule has 0 saturated carbocycles. The quantitative estimate of drug-likeness (QED) is 0.838. The monoisotopic (exact) mass is 300 g/mol. The van der Waals surface area contributed by atoms with Gasteiger partial charge in [-0.25, -0.2) is 0 Å². The van der Waals surface area contributed by atoms with Crippen LogP contribution in [-0.2, 0) is 11.0 Å². The molecule has 3 rings (SSSR count). The van der Waals surface area contributed by atoms with Crippen LogP contribution in [0.25, 0.3) is 0 Å². The van der Waals surface area contributed by atoms with Crippen molar-refractivity contribution in [3.8, 4) is 0 Å². The number of fused-ring (bicyclic) bond motifs is 1. The molecule has 1 saturated heterocycles. The van der Waals surface area contributed by atoms with Crippen molar-refractivity contribution in [2.24, 2.45) is 0 Å². The fourth-order valence-electron chi connectivity index (χ4n) is 2.99. The zero-order chi connectivity index (χ0) is 15.2. The summed E-state index contributed by atoms with van der Waals surface area (Å²) in [5, 5.41) is 12.2. The van der Waals surface area contributed by atoms with Crippen LogP contribution < -0.4 is 10.2 Å². The molecule has 114 valence electrons. The summed E-state index contributed by atoms with van der Waals surface area (Å²) in [6.45, 7) is 1.48. The summed E-state index contributed by atoms with van der Waals surface area (Å²) in [5.41, 5.74) is -0.647. The van der Waals surface area contributed by atoms with E-state index in [9.17, 15) is 23.1 Å². The maximum atomic E-state index is 13.1. The van der Waals surface area contributed by atoms with E-state index in [1.165, 1.54) is 6.07 Å². The molecule has 0 bridgehead atoms. The van der Waals surface area contributed by atoms with Gasteiger partial charge >= 0.3 is 6.18 Å². The minimum atomic E-state index is -4.60. The SMILES string of the molecule is O=C1Nc2c(N3CCCCC3)ccc(C(F)(F)F)c2C1O. The van der Waals surface area contributed by atoms with E-state index in [1.54, 1.807) is 0 Å². The molecule has 1 aromatic rings. The van der Waals surface area contributed by atoms with Crippen LogP contribution in [-0.4, -0.2) is 24.1 Å². The number of piperidine rings is 1. The van der Waals surface area contributed by atoms with Gasteiger partial charge in [0.25, 0.3) is 5.91 Å². The topological polar surface area (TPSA) is 52.6 Å². The molecule has 1 aromatic carbocycles. The van der Waals surface area contributed by atoms with Crippen LogP contribution in [0.1, 0.15) is 36.5 Å². The number of amides is 1. The highest BCUT2D eigenvalue weighted by Crippen LogP contribution is 2.46. The van der Waals surface area contributed by atoms with Crippen molar-refractivity contribution >= 4 is 17.3 Å². The summed E-state index contributed by atoms with van der Waals surface area (Å²) in [6, 6.07) is 2.33. The van der Waals surface area contributed by atoms with Crippen LogP contribution in [0.4, 0.5) is 24.5 Å². The Morgan fingerprint density at radius 1 is 1.19 bits per heavy atom. The molecule has 2 aliphatic heterocycles. The van der Waals surface area contributed by atoms with Gasteiger partial charge in [0.05, 0.1) is 16.9 Å². The first kappa shape index (κ1) is 14.2. The molecule has 1 amide bonds. The molecule has 2 heterocycles. The second-order valence-electron chi connectivity index (χ2n) is 5.36. The van der Waals surface area contributed by atoms with E-state index in [2.05, 4.69) is 5.32 Å². The smallest absolute Gasteiger partial charge is 0.378 e. The number of carbonyl (C=O) groups excluding carboxylic acids is 1. The molecule has 1 fully saturated rings. The fourth-order valence-corrected chi connectivity index (χ4v) is 2.99.